The normalized spacial score (nSPS) is 17.9. The highest BCUT2D eigenvalue weighted by atomic mass is 35.5. The Kier molecular flexibility index (Phi) is 8.15. The van der Waals surface area contributed by atoms with Gasteiger partial charge in [0.1, 0.15) is 17.8 Å². The van der Waals surface area contributed by atoms with Crippen molar-refractivity contribution < 1.29 is 22.6 Å². The summed E-state index contributed by atoms with van der Waals surface area (Å²) >= 11 is 6.00. The minimum atomic E-state index is -4.60. The average Bonchev–Trinajstić information content (AvgIpc) is 3.63. The van der Waals surface area contributed by atoms with Crippen molar-refractivity contribution in [2.24, 2.45) is 0 Å². The van der Waals surface area contributed by atoms with Crippen molar-refractivity contribution in [3.8, 4) is 17.3 Å². The van der Waals surface area contributed by atoms with E-state index in [2.05, 4.69) is 34.6 Å². The molecule has 7 rings (SSSR count). The van der Waals surface area contributed by atoms with Crippen molar-refractivity contribution in [1.29, 1.82) is 0 Å². The standard InChI is InChI=1S/C31H30ClF3N8O2/c32-21-4-1-19(2-5-21)15-26-36-11-7-28(38-26)45-22-8-12-42(13-9-22)18-27-37-24-16-20(29-39-30(41-40-29)31(33,34)35)3-6-25(24)43(27)17-23-10-14-44-23/h1-7,11,16,22-23H,8-10,12-15,17-18H2,(H,39,40,41)/t23-/m0/s1. The summed E-state index contributed by atoms with van der Waals surface area (Å²) in [5.74, 6) is 1.06. The highest BCUT2D eigenvalue weighted by Crippen LogP contribution is 2.30. The fraction of sp³-hybridized carbons (Fsp3) is 0.387. The number of alkyl halides is 3. The number of ether oxygens (including phenoxy) is 2. The van der Waals surface area contributed by atoms with Gasteiger partial charge in [0, 0.05) is 49.0 Å². The third kappa shape index (κ3) is 6.80. The van der Waals surface area contributed by atoms with E-state index in [0.29, 0.717) is 47.3 Å². The van der Waals surface area contributed by atoms with Crippen molar-refractivity contribution in [1.82, 2.24) is 39.6 Å². The van der Waals surface area contributed by atoms with Gasteiger partial charge in [-0.15, -0.1) is 10.2 Å². The van der Waals surface area contributed by atoms with E-state index >= 15 is 0 Å². The number of rotatable bonds is 9. The summed E-state index contributed by atoms with van der Waals surface area (Å²) in [6.07, 6.45) is 0.508. The van der Waals surface area contributed by atoms with E-state index in [1.54, 1.807) is 24.4 Å². The predicted molar refractivity (Wildman–Crippen MR) is 160 cm³/mol. The lowest BCUT2D eigenvalue weighted by Gasteiger charge is -2.32. The summed E-state index contributed by atoms with van der Waals surface area (Å²) in [6, 6.07) is 14.8. The summed E-state index contributed by atoms with van der Waals surface area (Å²) in [6.45, 7) is 3.67. The van der Waals surface area contributed by atoms with Crippen LogP contribution < -0.4 is 4.74 Å². The molecule has 1 N–H and O–H groups in total. The van der Waals surface area contributed by atoms with Gasteiger partial charge in [-0.2, -0.15) is 18.2 Å². The maximum Gasteiger partial charge on any atom is 0.451 e. The molecule has 2 fully saturated rings. The van der Waals surface area contributed by atoms with Gasteiger partial charge < -0.3 is 19.0 Å². The number of nitrogens with zero attached hydrogens (tertiary/aromatic N) is 7. The number of piperidine rings is 1. The number of aromatic amines is 1. The van der Waals surface area contributed by atoms with Crippen LogP contribution in [0.3, 0.4) is 0 Å². The Morgan fingerprint density at radius 3 is 2.51 bits per heavy atom. The van der Waals surface area contributed by atoms with Gasteiger partial charge in [-0.05, 0) is 55.2 Å². The van der Waals surface area contributed by atoms with Crippen LogP contribution >= 0.6 is 11.6 Å². The van der Waals surface area contributed by atoms with Gasteiger partial charge in [0.15, 0.2) is 5.82 Å². The van der Waals surface area contributed by atoms with Crippen LogP contribution in [0.5, 0.6) is 5.88 Å². The Bertz CT molecular complexity index is 1780. The monoisotopic (exact) mass is 638 g/mol. The number of aromatic nitrogens is 7. The Balaban J connectivity index is 1.02. The quantitative estimate of drug-likeness (QED) is 0.219. The van der Waals surface area contributed by atoms with Gasteiger partial charge in [0.2, 0.25) is 11.7 Å². The molecule has 2 aliphatic heterocycles. The minimum absolute atomic E-state index is 0.0350. The van der Waals surface area contributed by atoms with Gasteiger partial charge in [-0.25, -0.2) is 9.97 Å². The molecule has 0 saturated carbocycles. The molecule has 0 aliphatic carbocycles. The maximum absolute atomic E-state index is 13.1. The molecule has 0 bridgehead atoms. The highest BCUT2D eigenvalue weighted by Gasteiger charge is 2.35. The molecule has 2 aliphatic rings. The number of benzene rings is 2. The summed E-state index contributed by atoms with van der Waals surface area (Å²) < 4.78 is 53.3. The summed E-state index contributed by atoms with van der Waals surface area (Å²) in [4.78, 5) is 18.6. The van der Waals surface area contributed by atoms with E-state index in [-0.39, 0.29) is 18.0 Å². The second-order valence-electron chi connectivity index (χ2n) is 11.4. The number of likely N-dealkylation sites (tertiary alicyclic amines) is 1. The molecule has 0 unspecified atom stereocenters. The van der Waals surface area contributed by atoms with E-state index in [0.717, 1.165) is 55.9 Å². The van der Waals surface area contributed by atoms with E-state index in [1.165, 1.54) is 0 Å². The fourth-order valence-electron chi connectivity index (χ4n) is 5.68. The van der Waals surface area contributed by atoms with Gasteiger partial charge >= 0.3 is 6.18 Å². The van der Waals surface area contributed by atoms with E-state index < -0.39 is 12.0 Å². The third-order valence-electron chi connectivity index (χ3n) is 8.18. The first-order valence-corrected chi connectivity index (χ1v) is 15.2. The lowest BCUT2D eigenvalue weighted by Crippen LogP contribution is -2.39. The van der Waals surface area contributed by atoms with Crippen molar-refractivity contribution in [3.05, 3.63) is 82.8 Å². The molecule has 3 aromatic heterocycles. The van der Waals surface area contributed by atoms with Gasteiger partial charge in [-0.3, -0.25) is 4.90 Å². The number of fused-ring (bicyclic) bond motifs is 1. The number of hydrogen-bond donors (Lipinski definition) is 1. The molecule has 2 aromatic carbocycles. The molecule has 2 saturated heterocycles. The fourth-order valence-corrected chi connectivity index (χ4v) is 5.80. The molecular formula is C31H30ClF3N8O2. The van der Waals surface area contributed by atoms with Crippen molar-refractivity contribution in [2.45, 2.75) is 57.2 Å². The highest BCUT2D eigenvalue weighted by molar-refractivity contribution is 6.30. The molecule has 1 atom stereocenters. The number of halogens is 4. The van der Waals surface area contributed by atoms with Crippen molar-refractivity contribution in [3.63, 3.8) is 0 Å². The van der Waals surface area contributed by atoms with Crippen molar-refractivity contribution in [2.75, 3.05) is 19.7 Å². The lowest BCUT2D eigenvalue weighted by molar-refractivity contribution is -0.144. The first kappa shape index (κ1) is 29.6. The van der Waals surface area contributed by atoms with Crippen LogP contribution in [-0.4, -0.2) is 71.5 Å². The van der Waals surface area contributed by atoms with E-state index in [4.69, 9.17) is 26.1 Å². The Hall–Kier alpha value is -4.07. The van der Waals surface area contributed by atoms with Crippen LogP contribution in [0.1, 0.15) is 42.3 Å². The molecule has 0 amide bonds. The zero-order valence-electron chi connectivity index (χ0n) is 24.2. The van der Waals surface area contributed by atoms with Crippen molar-refractivity contribution >= 4 is 22.6 Å². The molecule has 0 radical (unpaired) electrons. The van der Waals surface area contributed by atoms with Gasteiger partial charge in [0.05, 0.1) is 30.2 Å². The van der Waals surface area contributed by atoms with Crippen LogP contribution in [0.4, 0.5) is 13.2 Å². The topological polar surface area (TPSA) is 107 Å². The van der Waals surface area contributed by atoms with Gasteiger partial charge in [-0.1, -0.05) is 23.7 Å². The number of nitrogens with one attached hydrogen (secondary N) is 1. The van der Waals surface area contributed by atoms with Crippen LogP contribution in [-0.2, 0) is 30.4 Å². The zero-order chi connectivity index (χ0) is 31.0. The minimum Gasteiger partial charge on any atom is -0.474 e. The molecule has 5 aromatic rings. The largest absolute Gasteiger partial charge is 0.474 e. The number of H-pyrrole nitrogens is 1. The number of hydrogen-bond acceptors (Lipinski definition) is 8. The van der Waals surface area contributed by atoms with Crippen LogP contribution in [0, 0.1) is 0 Å². The second kappa shape index (κ2) is 12.4. The van der Waals surface area contributed by atoms with Gasteiger partial charge in [0.25, 0.3) is 0 Å². The molecule has 14 heteroatoms. The molecule has 10 nitrogen and oxygen atoms in total. The average molecular weight is 639 g/mol. The number of imidazole rings is 1. The lowest BCUT2D eigenvalue weighted by atomic mass is 10.1. The van der Waals surface area contributed by atoms with E-state index in [9.17, 15) is 13.2 Å². The van der Waals surface area contributed by atoms with Crippen LogP contribution in [0.25, 0.3) is 22.4 Å². The van der Waals surface area contributed by atoms with Crippen LogP contribution in [0.2, 0.25) is 5.02 Å². The maximum atomic E-state index is 13.1. The molecule has 5 heterocycles. The van der Waals surface area contributed by atoms with E-state index in [1.807, 2.05) is 30.3 Å². The summed E-state index contributed by atoms with van der Waals surface area (Å²) in [7, 11) is 0. The smallest absolute Gasteiger partial charge is 0.451 e. The second-order valence-corrected chi connectivity index (χ2v) is 11.8. The first-order valence-electron chi connectivity index (χ1n) is 14.8. The third-order valence-corrected chi connectivity index (χ3v) is 8.43. The predicted octanol–water partition coefficient (Wildman–Crippen LogP) is 5.71. The zero-order valence-corrected chi connectivity index (χ0v) is 24.9. The first-order chi connectivity index (χ1) is 21.8. The SMILES string of the molecule is FC(F)(F)c1nnc(-c2ccc3c(c2)nc(CN2CCC(Oc4ccnc(Cc5ccc(Cl)cc5)n4)CC2)n3C[C@@H]2CCO2)[nH]1. The Morgan fingerprint density at radius 1 is 1.00 bits per heavy atom. The van der Waals surface area contributed by atoms with Crippen LogP contribution in [0.15, 0.2) is 54.7 Å². The summed E-state index contributed by atoms with van der Waals surface area (Å²) in [5, 5.41) is 7.65. The summed E-state index contributed by atoms with van der Waals surface area (Å²) in [5.41, 5.74) is 3.14. The molecule has 45 heavy (non-hydrogen) atoms. The Morgan fingerprint density at radius 2 is 1.80 bits per heavy atom. The molecule has 234 valence electrons. The molecular weight excluding hydrogens is 609 g/mol. The molecule has 0 spiro atoms. The Labute approximate surface area is 261 Å².